The fraction of sp³-hybridized carbons (Fsp3) is 0.300. The van der Waals surface area contributed by atoms with Crippen LogP contribution in [0.2, 0.25) is 5.02 Å². The monoisotopic (exact) mass is 389 g/mol. The number of halogens is 1. The summed E-state index contributed by atoms with van der Waals surface area (Å²) in [6.07, 6.45) is 7.14. The fourth-order valence-corrected chi connectivity index (χ4v) is 4.38. The Kier molecular flexibility index (Phi) is 6.12. The van der Waals surface area contributed by atoms with Crippen LogP contribution in [0.5, 0.6) is 0 Å². The number of carbonyl (C=O) groups excluding carboxylic acids is 2. The molecule has 6 heteroatoms. The van der Waals surface area contributed by atoms with Gasteiger partial charge in [-0.2, -0.15) is 0 Å². The number of amides is 1. The standard InChI is InChI=1S/C20H20ClNO3S/c1-2-25-20(24)18-15-5-3-4-6-16(15)26-19(18)22-17(23)12-9-13-7-10-14(21)11-8-13/h7-12H,2-6H2,1H3,(H,22,23)/b12-9+. The maximum atomic E-state index is 12.4. The van der Waals surface area contributed by atoms with Gasteiger partial charge in [-0.15, -0.1) is 11.3 Å². The minimum absolute atomic E-state index is 0.274. The van der Waals surface area contributed by atoms with Crippen molar-refractivity contribution in [3.05, 3.63) is 56.9 Å². The van der Waals surface area contributed by atoms with Crippen LogP contribution in [0.1, 0.15) is 46.1 Å². The smallest absolute Gasteiger partial charge is 0.341 e. The third kappa shape index (κ3) is 4.34. The van der Waals surface area contributed by atoms with Crippen LogP contribution >= 0.6 is 22.9 Å². The van der Waals surface area contributed by atoms with E-state index in [-0.39, 0.29) is 11.9 Å². The van der Waals surface area contributed by atoms with Crippen molar-refractivity contribution in [1.82, 2.24) is 0 Å². The summed E-state index contributed by atoms with van der Waals surface area (Å²) in [5.41, 5.74) is 2.44. The molecule has 0 bridgehead atoms. The summed E-state index contributed by atoms with van der Waals surface area (Å²) in [4.78, 5) is 25.9. The molecule has 3 rings (SSSR count). The first kappa shape index (κ1) is 18.7. The molecule has 1 aromatic heterocycles. The molecule has 1 amide bonds. The van der Waals surface area contributed by atoms with Crippen LogP contribution < -0.4 is 5.32 Å². The maximum Gasteiger partial charge on any atom is 0.341 e. The molecule has 0 saturated carbocycles. The number of hydrogen-bond donors (Lipinski definition) is 1. The highest BCUT2D eigenvalue weighted by atomic mass is 35.5. The second-order valence-electron chi connectivity index (χ2n) is 6.01. The molecule has 0 saturated heterocycles. The number of benzene rings is 1. The molecule has 0 atom stereocenters. The molecule has 0 radical (unpaired) electrons. The number of esters is 1. The highest BCUT2D eigenvalue weighted by Gasteiger charge is 2.26. The lowest BCUT2D eigenvalue weighted by Gasteiger charge is -2.12. The Bertz CT molecular complexity index is 839. The second kappa shape index (κ2) is 8.52. The van der Waals surface area contributed by atoms with Gasteiger partial charge in [-0.25, -0.2) is 4.79 Å². The topological polar surface area (TPSA) is 55.4 Å². The van der Waals surface area contributed by atoms with E-state index in [4.69, 9.17) is 16.3 Å². The van der Waals surface area contributed by atoms with Gasteiger partial charge in [0.25, 0.3) is 0 Å². The molecule has 1 heterocycles. The molecule has 1 aliphatic rings. The van der Waals surface area contributed by atoms with E-state index in [2.05, 4.69) is 5.32 Å². The van der Waals surface area contributed by atoms with E-state index >= 15 is 0 Å². The number of aryl methyl sites for hydroxylation is 1. The van der Waals surface area contributed by atoms with Gasteiger partial charge in [0.15, 0.2) is 0 Å². The third-order valence-corrected chi connectivity index (χ3v) is 5.64. The summed E-state index contributed by atoms with van der Waals surface area (Å²) in [5.74, 6) is -0.632. The van der Waals surface area contributed by atoms with Crippen molar-refractivity contribution >= 4 is 45.9 Å². The third-order valence-electron chi connectivity index (χ3n) is 4.18. The predicted molar refractivity (Wildman–Crippen MR) is 106 cm³/mol. The lowest BCUT2D eigenvalue weighted by Crippen LogP contribution is -2.14. The average molecular weight is 390 g/mol. The van der Waals surface area contributed by atoms with Gasteiger partial charge in [0, 0.05) is 16.0 Å². The minimum Gasteiger partial charge on any atom is -0.462 e. The zero-order valence-electron chi connectivity index (χ0n) is 14.5. The molecule has 1 aliphatic carbocycles. The molecule has 1 aromatic carbocycles. The van der Waals surface area contributed by atoms with E-state index in [0.29, 0.717) is 22.2 Å². The van der Waals surface area contributed by atoms with E-state index in [1.165, 1.54) is 22.3 Å². The Morgan fingerprint density at radius 2 is 1.96 bits per heavy atom. The molecular weight excluding hydrogens is 370 g/mol. The first-order valence-corrected chi connectivity index (χ1v) is 9.84. The Morgan fingerprint density at radius 1 is 1.23 bits per heavy atom. The highest BCUT2D eigenvalue weighted by molar-refractivity contribution is 7.17. The van der Waals surface area contributed by atoms with Gasteiger partial charge >= 0.3 is 5.97 Å². The fourth-order valence-electron chi connectivity index (χ4n) is 2.97. The number of carbonyl (C=O) groups is 2. The summed E-state index contributed by atoms with van der Waals surface area (Å²) in [6.45, 7) is 2.09. The second-order valence-corrected chi connectivity index (χ2v) is 7.55. The van der Waals surface area contributed by atoms with Crippen LogP contribution in [-0.2, 0) is 22.4 Å². The molecule has 2 aromatic rings. The first-order chi connectivity index (χ1) is 12.6. The zero-order chi connectivity index (χ0) is 18.5. The number of fused-ring (bicyclic) bond motifs is 1. The SMILES string of the molecule is CCOC(=O)c1c(NC(=O)/C=C/c2ccc(Cl)cc2)sc2c1CCCC2. The zero-order valence-corrected chi connectivity index (χ0v) is 16.1. The molecule has 0 unspecified atom stereocenters. The summed E-state index contributed by atoms with van der Waals surface area (Å²) >= 11 is 7.34. The highest BCUT2D eigenvalue weighted by Crippen LogP contribution is 2.38. The van der Waals surface area contributed by atoms with Crippen molar-refractivity contribution < 1.29 is 14.3 Å². The molecule has 0 spiro atoms. The Labute approximate surface area is 161 Å². The maximum absolute atomic E-state index is 12.4. The van der Waals surface area contributed by atoms with Crippen LogP contribution in [0.15, 0.2) is 30.3 Å². The van der Waals surface area contributed by atoms with Crippen molar-refractivity contribution in [2.24, 2.45) is 0 Å². The van der Waals surface area contributed by atoms with Crippen molar-refractivity contribution in [2.45, 2.75) is 32.6 Å². The average Bonchev–Trinajstić information content (AvgIpc) is 2.99. The largest absolute Gasteiger partial charge is 0.462 e. The number of thiophene rings is 1. The van der Waals surface area contributed by atoms with Gasteiger partial charge in [-0.05, 0) is 61.9 Å². The molecule has 0 fully saturated rings. The summed E-state index contributed by atoms with van der Waals surface area (Å²) < 4.78 is 5.20. The van der Waals surface area contributed by atoms with Gasteiger partial charge in [0.2, 0.25) is 5.91 Å². The van der Waals surface area contributed by atoms with Crippen LogP contribution in [0.25, 0.3) is 6.08 Å². The molecular formula is C20H20ClNO3S. The quantitative estimate of drug-likeness (QED) is 0.571. The van der Waals surface area contributed by atoms with Crippen LogP contribution in [0.3, 0.4) is 0 Å². The number of rotatable bonds is 5. The summed E-state index contributed by atoms with van der Waals surface area (Å²) in [6, 6.07) is 7.20. The number of anilines is 1. The van der Waals surface area contributed by atoms with Gasteiger partial charge < -0.3 is 10.1 Å². The molecule has 4 nitrogen and oxygen atoms in total. The number of hydrogen-bond acceptors (Lipinski definition) is 4. The first-order valence-electron chi connectivity index (χ1n) is 8.64. The van der Waals surface area contributed by atoms with Crippen LogP contribution in [-0.4, -0.2) is 18.5 Å². The summed E-state index contributed by atoms with van der Waals surface area (Å²) in [5, 5.41) is 4.09. The Hall–Kier alpha value is -2.11. The number of nitrogens with one attached hydrogen (secondary N) is 1. The van der Waals surface area contributed by atoms with E-state index in [1.54, 1.807) is 25.1 Å². The predicted octanol–water partition coefficient (Wildman–Crippen LogP) is 5.11. The van der Waals surface area contributed by atoms with Gasteiger partial charge in [0.1, 0.15) is 5.00 Å². The van der Waals surface area contributed by atoms with E-state index in [9.17, 15) is 9.59 Å². The molecule has 0 aliphatic heterocycles. The van der Waals surface area contributed by atoms with E-state index < -0.39 is 0 Å². The molecule has 1 N–H and O–H groups in total. The van der Waals surface area contributed by atoms with Crippen molar-refractivity contribution in [3.63, 3.8) is 0 Å². The minimum atomic E-state index is -0.358. The normalized spacial score (nSPS) is 13.5. The van der Waals surface area contributed by atoms with Crippen LogP contribution in [0, 0.1) is 0 Å². The molecule has 26 heavy (non-hydrogen) atoms. The lowest BCUT2D eigenvalue weighted by molar-refractivity contribution is -0.111. The van der Waals surface area contributed by atoms with Gasteiger partial charge in [-0.1, -0.05) is 23.7 Å². The lowest BCUT2D eigenvalue weighted by atomic mass is 9.95. The van der Waals surface area contributed by atoms with Crippen LogP contribution in [0.4, 0.5) is 5.00 Å². The van der Waals surface area contributed by atoms with E-state index in [1.807, 2.05) is 12.1 Å². The Balaban J connectivity index is 1.80. The number of ether oxygens (including phenoxy) is 1. The van der Waals surface area contributed by atoms with Crippen molar-refractivity contribution in [2.75, 3.05) is 11.9 Å². The Morgan fingerprint density at radius 3 is 2.69 bits per heavy atom. The van der Waals surface area contributed by atoms with Gasteiger partial charge in [0.05, 0.1) is 12.2 Å². The summed E-state index contributed by atoms with van der Waals surface area (Å²) in [7, 11) is 0. The van der Waals surface area contributed by atoms with Crippen molar-refractivity contribution in [3.8, 4) is 0 Å². The van der Waals surface area contributed by atoms with Gasteiger partial charge in [-0.3, -0.25) is 4.79 Å². The van der Waals surface area contributed by atoms with Crippen molar-refractivity contribution in [1.29, 1.82) is 0 Å². The van der Waals surface area contributed by atoms with E-state index in [0.717, 1.165) is 36.8 Å². The molecule has 136 valence electrons.